The Morgan fingerprint density at radius 3 is 2.33 bits per heavy atom. The van der Waals surface area contributed by atoms with Gasteiger partial charge in [0, 0.05) is 16.4 Å². The van der Waals surface area contributed by atoms with Gasteiger partial charge in [0.2, 0.25) is 0 Å². The van der Waals surface area contributed by atoms with E-state index in [0.717, 1.165) is 17.0 Å². The van der Waals surface area contributed by atoms with Gasteiger partial charge < -0.3 is 0 Å². The van der Waals surface area contributed by atoms with Gasteiger partial charge in [0.25, 0.3) is 0 Å². The summed E-state index contributed by atoms with van der Waals surface area (Å²) in [4.78, 5) is 8.66. The largest absolute Gasteiger partial charge is 0.236 e. The van der Waals surface area contributed by atoms with Gasteiger partial charge in [-0.15, -0.1) is 0 Å². The van der Waals surface area contributed by atoms with E-state index in [1.165, 1.54) is 0 Å². The molecule has 0 spiro atoms. The van der Waals surface area contributed by atoms with E-state index in [9.17, 15) is 5.26 Å². The molecule has 0 fully saturated rings. The molecular formula is C14H12ClN3. The zero-order valence-corrected chi connectivity index (χ0v) is 10.9. The summed E-state index contributed by atoms with van der Waals surface area (Å²) < 4.78 is 0. The lowest BCUT2D eigenvalue weighted by molar-refractivity contribution is 0.859. The topological polar surface area (TPSA) is 49.6 Å². The number of nitrogens with zero attached hydrogens (tertiary/aromatic N) is 3. The smallest absolute Gasteiger partial charge is 0.150 e. The van der Waals surface area contributed by atoms with Crippen LogP contribution in [0, 0.1) is 25.2 Å². The minimum absolute atomic E-state index is 0.503. The molecule has 1 atom stereocenters. The van der Waals surface area contributed by atoms with Gasteiger partial charge in [0.05, 0.1) is 6.07 Å². The number of hydrogen-bond donors (Lipinski definition) is 0. The Hall–Kier alpha value is -1.92. The summed E-state index contributed by atoms with van der Waals surface area (Å²) in [5, 5.41) is 9.91. The summed E-state index contributed by atoms with van der Waals surface area (Å²) >= 11 is 6.12. The monoisotopic (exact) mass is 257 g/mol. The molecule has 1 aromatic heterocycles. The van der Waals surface area contributed by atoms with Crippen LogP contribution in [0.5, 0.6) is 0 Å². The predicted octanol–water partition coefficient (Wildman–Crippen LogP) is 3.40. The fraction of sp³-hybridized carbons (Fsp3) is 0.214. The van der Waals surface area contributed by atoms with Crippen molar-refractivity contribution in [1.29, 1.82) is 5.26 Å². The number of aromatic nitrogens is 2. The van der Waals surface area contributed by atoms with E-state index in [1.807, 2.05) is 38.1 Å². The van der Waals surface area contributed by atoms with Crippen LogP contribution in [-0.4, -0.2) is 9.97 Å². The van der Waals surface area contributed by atoms with E-state index in [1.54, 1.807) is 6.07 Å². The van der Waals surface area contributed by atoms with Crippen LogP contribution in [0.1, 0.15) is 28.7 Å². The van der Waals surface area contributed by atoms with Gasteiger partial charge in [-0.1, -0.05) is 29.8 Å². The standard InChI is InChI=1S/C14H12ClN3/c1-9-7-10(2)18-14(17-9)12(8-16)11-5-3-4-6-13(11)15/h3-7,12H,1-2H3. The number of hydrogen-bond acceptors (Lipinski definition) is 3. The molecular weight excluding hydrogens is 246 g/mol. The molecule has 1 aromatic carbocycles. The van der Waals surface area contributed by atoms with E-state index >= 15 is 0 Å². The first-order valence-corrected chi connectivity index (χ1v) is 5.96. The Kier molecular flexibility index (Phi) is 3.59. The number of benzene rings is 1. The maximum atomic E-state index is 9.35. The third kappa shape index (κ3) is 2.49. The molecule has 1 heterocycles. The summed E-state index contributed by atoms with van der Waals surface area (Å²) in [6.45, 7) is 3.78. The van der Waals surface area contributed by atoms with Crippen LogP contribution in [0.25, 0.3) is 0 Å². The highest BCUT2D eigenvalue weighted by Gasteiger charge is 2.19. The van der Waals surface area contributed by atoms with Crippen molar-refractivity contribution in [3.63, 3.8) is 0 Å². The highest BCUT2D eigenvalue weighted by atomic mass is 35.5. The molecule has 2 aromatic rings. The maximum Gasteiger partial charge on any atom is 0.150 e. The number of halogens is 1. The fourth-order valence-electron chi connectivity index (χ4n) is 1.86. The third-order valence-corrected chi connectivity index (χ3v) is 2.95. The Bertz CT molecular complexity index is 596. The van der Waals surface area contributed by atoms with Crippen LogP contribution in [0.2, 0.25) is 5.02 Å². The SMILES string of the molecule is Cc1cc(C)nc(C(C#N)c2ccccc2Cl)n1. The second-order valence-corrected chi connectivity index (χ2v) is 4.50. The van der Waals surface area contributed by atoms with Crippen molar-refractivity contribution in [3.8, 4) is 6.07 Å². The number of aryl methyl sites for hydroxylation is 2. The van der Waals surface area contributed by atoms with Crippen LogP contribution < -0.4 is 0 Å². The minimum Gasteiger partial charge on any atom is -0.236 e. The molecule has 0 aliphatic heterocycles. The molecule has 0 N–H and O–H groups in total. The fourth-order valence-corrected chi connectivity index (χ4v) is 2.10. The van der Waals surface area contributed by atoms with Crippen molar-refractivity contribution in [2.75, 3.05) is 0 Å². The molecule has 3 nitrogen and oxygen atoms in total. The highest BCUT2D eigenvalue weighted by Crippen LogP contribution is 2.27. The second kappa shape index (κ2) is 5.16. The lowest BCUT2D eigenvalue weighted by Crippen LogP contribution is -2.07. The number of rotatable bonds is 2. The molecule has 0 saturated carbocycles. The Morgan fingerprint density at radius 1 is 1.17 bits per heavy atom. The third-order valence-electron chi connectivity index (χ3n) is 2.60. The first-order chi connectivity index (χ1) is 8.61. The van der Waals surface area contributed by atoms with Crippen molar-refractivity contribution in [2.24, 2.45) is 0 Å². The van der Waals surface area contributed by atoms with Gasteiger partial charge in [-0.3, -0.25) is 0 Å². The van der Waals surface area contributed by atoms with Crippen LogP contribution in [0.3, 0.4) is 0 Å². The zero-order chi connectivity index (χ0) is 13.1. The first kappa shape index (κ1) is 12.5. The maximum absolute atomic E-state index is 9.35. The first-order valence-electron chi connectivity index (χ1n) is 5.58. The van der Waals surface area contributed by atoms with E-state index in [0.29, 0.717) is 10.8 Å². The zero-order valence-electron chi connectivity index (χ0n) is 10.2. The molecule has 0 saturated heterocycles. The lowest BCUT2D eigenvalue weighted by atomic mass is 9.99. The minimum atomic E-state index is -0.530. The quantitative estimate of drug-likeness (QED) is 0.828. The summed E-state index contributed by atoms with van der Waals surface area (Å²) in [6, 6.07) is 11.4. The molecule has 0 aliphatic carbocycles. The van der Waals surface area contributed by atoms with Gasteiger partial charge in [0.15, 0.2) is 0 Å². The Morgan fingerprint density at radius 2 is 1.78 bits per heavy atom. The highest BCUT2D eigenvalue weighted by molar-refractivity contribution is 6.31. The van der Waals surface area contributed by atoms with Crippen molar-refractivity contribution in [2.45, 2.75) is 19.8 Å². The van der Waals surface area contributed by atoms with E-state index in [-0.39, 0.29) is 0 Å². The van der Waals surface area contributed by atoms with Crippen molar-refractivity contribution in [3.05, 3.63) is 58.1 Å². The average molecular weight is 258 g/mol. The van der Waals surface area contributed by atoms with E-state index < -0.39 is 5.92 Å². The summed E-state index contributed by atoms with van der Waals surface area (Å²) in [7, 11) is 0. The normalized spacial score (nSPS) is 11.9. The van der Waals surface area contributed by atoms with Crippen molar-refractivity contribution in [1.82, 2.24) is 9.97 Å². The molecule has 0 radical (unpaired) electrons. The Labute approximate surface area is 111 Å². The summed E-state index contributed by atoms with van der Waals surface area (Å²) in [5.74, 6) is -0.0274. The predicted molar refractivity (Wildman–Crippen MR) is 70.4 cm³/mol. The van der Waals surface area contributed by atoms with Crippen LogP contribution in [-0.2, 0) is 0 Å². The molecule has 1 unspecified atom stereocenters. The van der Waals surface area contributed by atoms with Gasteiger partial charge in [-0.05, 0) is 31.5 Å². The van der Waals surface area contributed by atoms with Crippen LogP contribution in [0.15, 0.2) is 30.3 Å². The molecule has 18 heavy (non-hydrogen) atoms. The summed E-state index contributed by atoms with van der Waals surface area (Å²) in [6.07, 6.45) is 0. The average Bonchev–Trinajstić information content (AvgIpc) is 2.31. The Balaban J connectivity index is 2.53. The van der Waals surface area contributed by atoms with Gasteiger partial charge in [-0.25, -0.2) is 9.97 Å². The molecule has 0 bridgehead atoms. The summed E-state index contributed by atoms with van der Waals surface area (Å²) in [5.41, 5.74) is 2.45. The van der Waals surface area contributed by atoms with Gasteiger partial charge in [0.1, 0.15) is 11.7 Å². The number of nitriles is 1. The van der Waals surface area contributed by atoms with Crippen molar-refractivity contribution < 1.29 is 0 Å². The second-order valence-electron chi connectivity index (χ2n) is 4.09. The molecule has 0 aliphatic rings. The molecule has 0 amide bonds. The van der Waals surface area contributed by atoms with Gasteiger partial charge in [-0.2, -0.15) is 5.26 Å². The van der Waals surface area contributed by atoms with E-state index in [2.05, 4.69) is 16.0 Å². The molecule has 90 valence electrons. The molecule has 4 heteroatoms. The molecule has 2 rings (SSSR count). The van der Waals surface area contributed by atoms with Gasteiger partial charge >= 0.3 is 0 Å². The lowest BCUT2D eigenvalue weighted by Gasteiger charge is -2.11. The van der Waals surface area contributed by atoms with Crippen LogP contribution in [0.4, 0.5) is 0 Å². The van der Waals surface area contributed by atoms with E-state index in [4.69, 9.17) is 11.6 Å². The van der Waals surface area contributed by atoms with Crippen molar-refractivity contribution >= 4 is 11.6 Å². The van der Waals surface area contributed by atoms with Crippen LogP contribution >= 0.6 is 11.6 Å².